The first-order valence-corrected chi connectivity index (χ1v) is 4.63. The molecule has 0 heterocycles. The molecule has 2 rings (SSSR count). The first-order chi connectivity index (χ1) is 6.84. The number of rotatable bonds is 2. The minimum atomic E-state index is 0.854. The van der Waals surface area contributed by atoms with Crippen LogP contribution in [0.3, 0.4) is 0 Å². The molecule has 0 saturated carbocycles. The van der Waals surface area contributed by atoms with Crippen LogP contribution >= 0.6 is 0 Å². The first kappa shape index (κ1) is 8.82. The van der Waals surface area contributed by atoms with E-state index in [9.17, 15) is 0 Å². The standard InChI is InChI=1S/C13H12O/c1-11-6-5-9-13(10-11)14-12-7-3-2-4-8-12/h2-5,7-10H,1,6H2. The Kier molecular flexibility index (Phi) is 2.50. The fraction of sp³-hybridized carbons (Fsp3) is 0.0769. The number of hydrogen-bond acceptors (Lipinski definition) is 1. The van der Waals surface area contributed by atoms with Crippen LogP contribution in [0.4, 0.5) is 0 Å². The van der Waals surface area contributed by atoms with Crippen LogP contribution in [0.1, 0.15) is 6.42 Å². The highest BCUT2D eigenvalue weighted by molar-refractivity contribution is 5.34. The Morgan fingerprint density at radius 3 is 2.64 bits per heavy atom. The molecule has 1 heteroatoms. The van der Waals surface area contributed by atoms with Gasteiger partial charge in [0.1, 0.15) is 11.5 Å². The van der Waals surface area contributed by atoms with E-state index in [2.05, 4.69) is 12.7 Å². The second-order valence-corrected chi connectivity index (χ2v) is 3.23. The van der Waals surface area contributed by atoms with E-state index in [1.807, 2.05) is 42.5 Å². The Balaban J connectivity index is 2.12. The van der Waals surface area contributed by atoms with Crippen LogP contribution in [-0.2, 0) is 0 Å². The summed E-state index contributed by atoms with van der Waals surface area (Å²) in [4.78, 5) is 0. The van der Waals surface area contributed by atoms with Crippen molar-refractivity contribution in [2.24, 2.45) is 0 Å². The number of hydrogen-bond donors (Lipinski definition) is 0. The zero-order valence-corrected chi connectivity index (χ0v) is 7.94. The number of allylic oxidation sites excluding steroid dienone is 4. The first-order valence-electron chi connectivity index (χ1n) is 4.63. The SMILES string of the molecule is C=C1C=C(Oc2ccccc2)C=CC1. The fourth-order valence-corrected chi connectivity index (χ4v) is 1.32. The molecule has 0 aliphatic heterocycles. The van der Waals surface area contributed by atoms with E-state index in [0.717, 1.165) is 23.5 Å². The monoisotopic (exact) mass is 184 g/mol. The fourth-order valence-electron chi connectivity index (χ4n) is 1.32. The van der Waals surface area contributed by atoms with Crippen LogP contribution in [0.2, 0.25) is 0 Å². The van der Waals surface area contributed by atoms with Crippen LogP contribution < -0.4 is 4.74 Å². The minimum absolute atomic E-state index is 0.854. The molecule has 0 amide bonds. The third kappa shape index (κ3) is 2.13. The van der Waals surface area contributed by atoms with E-state index in [0.29, 0.717) is 0 Å². The largest absolute Gasteiger partial charge is 0.457 e. The van der Waals surface area contributed by atoms with Crippen LogP contribution in [-0.4, -0.2) is 0 Å². The molecular weight excluding hydrogens is 172 g/mol. The molecule has 70 valence electrons. The molecule has 0 spiro atoms. The highest BCUT2D eigenvalue weighted by Gasteiger charge is 2.01. The zero-order valence-electron chi connectivity index (χ0n) is 7.94. The number of para-hydroxylation sites is 1. The van der Waals surface area contributed by atoms with E-state index in [1.54, 1.807) is 0 Å². The number of ether oxygens (including phenoxy) is 1. The second-order valence-electron chi connectivity index (χ2n) is 3.23. The van der Waals surface area contributed by atoms with Crippen LogP contribution in [0, 0.1) is 0 Å². The van der Waals surface area contributed by atoms with Gasteiger partial charge in [0.2, 0.25) is 0 Å². The van der Waals surface area contributed by atoms with Crippen molar-refractivity contribution in [1.82, 2.24) is 0 Å². The Morgan fingerprint density at radius 2 is 1.93 bits per heavy atom. The summed E-state index contributed by atoms with van der Waals surface area (Å²) >= 11 is 0. The predicted molar refractivity (Wildman–Crippen MR) is 58.1 cm³/mol. The third-order valence-corrected chi connectivity index (χ3v) is 1.99. The van der Waals surface area contributed by atoms with Crippen molar-refractivity contribution in [2.75, 3.05) is 0 Å². The quantitative estimate of drug-likeness (QED) is 0.683. The lowest BCUT2D eigenvalue weighted by atomic mass is 10.1. The molecule has 0 radical (unpaired) electrons. The highest BCUT2D eigenvalue weighted by atomic mass is 16.5. The second kappa shape index (κ2) is 3.97. The Bertz CT molecular complexity index is 385. The molecule has 0 atom stereocenters. The van der Waals surface area contributed by atoms with Crippen LogP contribution in [0.5, 0.6) is 5.75 Å². The van der Waals surface area contributed by atoms with E-state index in [-0.39, 0.29) is 0 Å². The molecule has 1 aromatic rings. The number of benzene rings is 1. The van der Waals surface area contributed by atoms with Gasteiger partial charge in [-0.25, -0.2) is 0 Å². The van der Waals surface area contributed by atoms with E-state index in [1.165, 1.54) is 0 Å². The molecular formula is C13H12O. The summed E-state index contributed by atoms with van der Waals surface area (Å²) in [6.07, 6.45) is 6.91. The van der Waals surface area contributed by atoms with Gasteiger partial charge in [-0.1, -0.05) is 30.9 Å². The Hall–Kier alpha value is -1.76. The summed E-state index contributed by atoms with van der Waals surface area (Å²) in [6, 6.07) is 9.75. The smallest absolute Gasteiger partial charge is 0.127 e. The van der Waals surface area contributed by atoms with E-state index < -0.39 is 0 Å². The van der Waals surface area contributed by atoms with E-state index in [4.69, 9.17) is 4.74 Å². The summed E-state index contributed by atoms with van der Waals surface area (Å²) < 4.78 is 5.64. The van der Waals surface area contributed by atoms with Crippen molar-refractivity contribution >= 4 is 0 Å². The molecule has 0 bridgehead atoms. The van der Waals surface area contributed by atoms with Crippen molar-refractivity contribution in [3.8, 4) is 5.75 Å². The zero-order chi connectivity index (χ0) is 9.80. The predicted octanol–water partition coefficient (Wildman–Crippen LogP) is 3.47. The highest BCUT2D eigenvalue weighted by Crippen LogP contribution is 2.18. The van der Waals surface area contributed by atoms with Gasteiger partial charge >= 0.3 is 0 Å². The van der Waals surface area contributed by atoms with E-state index >= 15 is 0 Å². The third-order valence-electron chi connectivity index (χ3n) is 1.99. The minimum Gasteiger partial charge on any atom is -0.457 e. The molecule has 0 saturated heterocycles. The lowest BCUT2D eigenvalue weighted by molar-refractivity contribution is 0.442. The van der Waals surface area contributed by atoms with Gasteiger partial charge in [-0.2, -0.15) is 0 Å². The topological polar surface area (TPSA) is 9.23 Å². The van der Waals surface area contributed by atoms with Crippen molar-refractivity contribution in [2.45, 2.75) is 6.42 Å². The van der Waals surface area contributed by atoms with Crippen LogP contribution in [0.25, 0.3) is 0 Å². The average Bonchev–Trinajstić information content (AvgIpc) is 2.19. The molecule has 1 aliphatic rings. The molecule has 1 nitrogen and oxygen atoms in total. The van der Waals surface area contributed by atoms with Gasteiger partial charge in [0.05, 0.1) is 0 Å². The lowest BCUT2D eigenvalue weighted by Crippen LogP contribution is -1.95. The average molecular weight is 184 g/mol. The van der Waals surface area contributed by atoms with Gasteiger partial charge in [-0.15, -0.1) is 0 Å². The Labute approximate surface area is 84.0 Å². The summed E-state index contributed by atoms with van der Waals surface area (Å²) in [5.74, 6) is 1.71. The molecule has 0 unspecified atom stereocenters. The maximum Gasteiger partial charge on any atom is 0.127 e. The Morgan fingerprint density at radius 1 is 1.14 bits per heavy atom. The van der Waals surface area contributed by atoms with Gasteiger partial charge in [0.25, 0.3) is 0 Å². The summed E-state index contributed by atoms with van der Waals surface area (Å²) in [6.45, 7) is 3.90. The lowest BCUT2D eigenvalue weighted by Gasteiger charge is -2.10. The maximum absolute atomic E-state index is 5.64. The summed E-state index contributed by atoms with van der Waals surface area (Å²) in [5, 5.41) is 0. The molecule has 1 aliphatic carbocycles. The summed E-state index contributed by atoms with van der Waals surface area (Å²) in [7, 11) is 0. The van der Waals surface area contributed by atoms with Crippen molar-refractivity contribution < 1.29 is 4.74 Å². The summed E-state index contributed by atoms with van der Waals surface area (Å²) in [5.41, 5.74) is 1.08. The molecule has 0 aromatic heterocycles. The molecule has 14 heavy (non-hydrogen) atoms. The van der Waals surface area contributed by atoms with Gasteiger partial charge < -0.3 is 4.74 Å². The van der Waals surface area contributed by atoms with Crippen molar-refractivity contribution in [3.05, 3.63) is 66.5 Å². The van der Waals surface area contributed by atoms with Gasteiger partial charge in [0, 0.05) is 0 Å². The molecule has 1 aromatic carbocycles. The normalized spacial score (nSPS) is 15.1. The van der Waals surface area contributed by atoms with Gasteiger partial charge in [0.15, 0.2) is 0 Å². The molecule has 0 fully saturated rings. The molecule has 0 N–H and O–H groups in total. The van der Waals surface area contributed by atoms with Gasteiger partial charge in [-0.05, 0) is 36.3 Å². The van der Waals surface area contributed by atoms with Crippen molar-refractivity contribution in [3.63, 3.8) is 0 Å². The van der Waals surface area contributed by atoms with Gasteiger partial charge in [-0.3, -0.25) is 0 Å². The van der Waals surface area contributed by atoms with Crippen LogP contribution in [0.15, 0.2) is 66.5 Å². The maximum atomic E-state index is 5.64. The van der Waals surface area contributed by atoms with Crippen molar-refractivity contribution in [1.29, 1.82) is 0 Å².